The number of aliphatic imine (C=N–C) groups is 1. The summed E-state index contributed by atoms with van der Waals surface area (Å²) in [6.07, 6.45) is -5.20. The van der Waals surface area contributed by atoms with Crippen molar-refractivity contribution < 1.29 is 22.8 Å². The Hall–Kier alpha value is -2.00. The van der Waals surface area contributed by atoms with Gasteiger partial charge in [0.2, 0.25) is 5.91 Å². The molecule has 0 aromatic rings. The molecule has 10 heteroatoms. The van der Waals surface area contributed by atoms with Crippen LogP contribution in [-0.4, -0.2) is 62.2 Å². The Morgan fingerprint density at radius 1 is 1.35 bits per heavy atom. The summed E-state index contributed by atoms with van der Waals surface area (Å²) in [6.45, 7) is -0.0147. The lowest BCUT2D eigenvalue weighted by Crippen LogP contribution is -2.43. The summed E-state index contributed by atoms with van der Waals surface area (Å²) in [6, 6.07) is -0.475. The number of carbonyl (C=O) groups excluding carboxylic acids is 2. The number of urea groups is 1. The second kappa shape index (κ2) is 6.96. The van der Waals surface area contributed by atoms with Gasteiger partial charge in [-0.3, -0.25) is 14.7 Å². The lowest BCUT2D eigenvalue weighted by atomic mass is 10.4. The van der Waals surface area contributed by atoms with Crippen LogP contribution in [0.2, 0.25) is 0 Å². The zero-order chi connectivity index (χ0) is 15.2. The Bertz CT molecular complexity index is 381. The van der Waals surface area contributed by atoms with Gasteiger partial charge in [-0.1, -0.05) is 0 Å². The molecule has 0 aromatic heterocycles. The van der Waals surface area contributed by atoms with Crippen LogP contribution in [0.4, 0.5) is 18.0 Å². The highest BCUT2D eigenvalue weighted by Gasteiger charge is 2.28. The van der Waals surface area contributed by atoms with Gasteiger partial charge in [-0.15, -0.1) is 0 Å². The normalized spacial score (nSPS) is 16.4. The molecule has 114 valence electrons. The van der Waals surface area contributed by atoms with Crippen molar-refractivity contribution in [3.05, 3.63) is 0 Å². The third kappa shape index (κ3) is 5.33. The monoisotopic (exact) mass is 295 g/mol. The molecule has 0 spiro atoms. The summed E-state index contributed by atoms with van der Waals surface area (Å²) < 4.78 is 35.9. The van der Waals surface area contributed by atoms with E-state index in [1.165, 1.54) is 7.05 Å². The molecule has 20 heavy (non-hydrogen) atoms. The molecule has 7 nitrogen and oxygen atoms in total. The Morgan fingerprint density at radius 2 is 2.00 bits per heavy atom. The summed E-state index contributed by atoms with van der Waals surface area (Å²) in [5.74, 6) is -0.155. The number of nitrogens with one attached hydrogen (secondary N) is 3. The van der Waals surface area contributed by atoms with E-state index in [0.717, 1.165) is 4.90 Å². The highest BCUT2D eigenvalue weighted by atomic mass is 19.4. The van der Waals surface area contributed by atoms with E-state index in [2.05, 4.69) is 20.9 Å². The third-order valence-corrected chi connectivity index (χ3v) is 2.49. The molecule has 1 heterocycles. The van der Waals surface area contributed by atoms with Gasteiger partial charge in [-0.2, -0.15) is 13.2 Å². The second-order valence-corrected chi connectivity index (χ2v) is 4.00. The molecule has 1 rings (SSSR count). The molecule has 0 atom stereocenters. The van der Waals surface area contributed by atoms with Gasteiger partial charge in [0.25, 0.3) is 0 Å². The van der Waals surface area contributed by atoms with Crippen LogP contribution in [0.3, 0.4) is 0 Å². The van der Waals surface area contributed by atoms with Gasteiger partial charge in [0, 0.05) is 26.7 Å². The van der Waals surface area contributed by atoms with Gasteiger partial charge in [-0.05, 0) is 0 Å². The van der Waals surface area contributed by atoms with Gasteiger partial charge in [-0.25, -0.2) is 4.79 Å². The fourth-order valence-electron chi connectivity index (χ4n) is 1.51. The third-order valence-electron chi connectivity index (χ3n) is 2.49. The first-order valence-electron chi connectivity index (χ1n) is 5.93. The first-order valence-corrected chi connectivity index (χ1v) is 5.93. The lowest BCUT2D eigenvalue weighted by molar-refractivity contribution is -0.133. The summed E-state index contributed by atoms with van der Waals surface area (Å²) in [7, 11) is 1.41. The van der Waals surface area contributed by atoms with Crippen molar-refractivity contribution in [2.45, 2.75) is 12.6 Å². The molecule has 1 aliphatic heterocycles. The van der Waals surface area contributed by atoms with Gasteiger partial charge in [0.15, 0.2) is 5.96 Å². The van der Waals surface area contributed by atoms with E-state index < -0.39 is 18.6 Å². The zero-order valence-electron chi connectivity index (χ0n) is 10.9. The quantitative estimate of drug-likeness (QED) is 0.368. The molecule has 3 N–H and O–H groups in total. The average molecular weight is 295 g/mol. The van der Waals surface area contributed by atoms with E-state index in [1.807, 2.05) is 0 Å². The maximum absolute atomic E-state index is 12.0. The van der Waals surface area contributed by atoms with Crippen molar-refractivity contribution in [3.63, 3.8) is 0 Å². The predicted molar refractivity (Wildman–Crippen MR) is 65.1 cm³/mol. The topological polar surface area (TPSA) is 85.8 Å². The van der Waals surface area contributed by atoms with Crippen LogP contribution in [0.5, 0.6) is 0 Å². The SMILES string of the molecule is CN=C(NCCN1C(=O)CNC1=O)NCCC(F)(F)F. The molecular formula is C10H16F3N5O2. The summed E-state index contributed by atoms with van der Waals surface area (Å²) >= 11 is 0. The smallest absolute Gasteiger partial charge is 0.356 e. The Labute approximate surface area is 113 Å². The zero-order valence-corrected chi connectivity index (χ0v) is 10.9. The first-order chi connectivity index (χ1) is 9.33. The lowest BCUT2D eigenvalue weighted by Gasteiger charge is -2.15. The molecular weight excluding hydrogens is 279 g/mol. The number of carbonyl (C=O) groups is 2. The van der Waals surface area contributed by atoms with Gasteiger partial charge in [0.05, 0.1) is 13.0 Å². The van der Waals surface area contributed by atoms with Crippen molar-refractivity contribution in [1.29, 1.82) is 0 Å². The number of amides is 3. The summed E-state index contributed by atoms with van der Waals surface area (Å²) in [5, 5.41) is 7.57. The van der Waals surface area contributed by atoms with E-state index in [1.54, 1.807) is 0 Å². The fraction of sp³-hybridized carbons (Fsp3) is 0.700. The number of imide groups is 1. The maximum Gasteiger partial charge on any atom is 0.390 e. The van der Waals surface area contributed by atoms with Gasteiger partial charge >= 0.3 is 12.2 Å². The minimum Gasteiger partial charge on any atom is -0.356 e. The Morgan fingerprint density at radius 3 is 2.50 bits per heavy atom. The Balaban J connectivity index is 2.25. The van der Waals surface area contributed by atoms with E-state index in [9.17, 15) is 22.8 Å². The van der Waals surface area contributed by atoms with Crippen LogP contribution >= 0.6 is 0 Å². The number of rotatable bonds is 5. The number of hydrogen-bond acceptors (Lipinski definition) is 3. The van der Waals surface area contributed by atoms with Crippen LogP contribution in [0.1, 0.15) is 6.42 Å². The Kier molecular flexibility index (Phi) is 5.59. The van der Waals surface area contributed by atoms with Crippen molar-refractivity contribution >= 4 is 17.9 Å². The van der Waals surface area contributed by atoms with Crippen molar-refractivity contribution in [3.8, 4) is 0 Å². The van der Waals surface area contributed by atoms with Crippen LogP contribution < -0.4 is 16.0 Å². The standard InChI is InChI=1S/C10H16F3N5O2/c1-14-8(15-3-2-10(11,12)13)16-4-5-18-7(19)6-17-9(18)20/h2-6H2,1H3,(H,17,20)(H2,14,15,16). The van der Waals surface area contributed by atoms with Crippen molar-refractivity contribution in [2.75, 3.05) is 33.2 Å². The van der Waals surface area contributed by atoms with Crippen LogP contribution in [0, 0.1) is 0 Å². The predicted octanol–water partition coefficient (Wildman–Crippen LogP) is -0.344. The second-order valence-electron chi connectivity index (χ2n) is 4.00. The van der Waals surface area contributed by atoms with Crippen molar-refractivity contribution in [2.24, 2.45) is 4.99 Å². The number of alkyl halides is 3. The molecule has 1 saturated heterocycles. The first kappa shape index (κ1) is 16.1. The van der Waals surface area contributed by atoms with Gasteiger partial charge < -0.3 is 16.0 Å². The van der Waals surface area contributed by atoms with Gasteiger partial charge in [0.1, 0.15) is 0 Å². The molecule has 0 aliphatic carbocycles. The average Bonchev–Trinajstić information content (AvgIpc) is 2.67. The molecule has 0 aromatic carbocycles. The molecule has 0 radical (unpaired) electrons. The molecule has 1 fully saturated rings. The van der Waals surface area contributed by atoms with Crippen molar-refractivity contribution in [1.82, 2.24) is 20.9 Å². The molecule has 3 amide bonds. The molecule has 0 bridgehead atoms. The highest BCUT2D eigenvalue weighted by molar-refractivity contribution is 6.01. The molecule has 1 aliphatic rings. The fourth-order valence-corrected chi connectivity index (χ4v) is 1.51. The molecule has 0 unspecified atom stereocenters. The highest BCUT2D eigenvalue weighted by Crippen LogP contribution is 2.17. The van der Waals surface area contributed by atoms with E-state index in [-0.39, 0.29) is 38.0 Å². The van der Waals surface area contributed by atoms with Crippen LogP contribution in [-0.2, 0) is 4.79 Å². The van der Waals surface area contributed by atoms with E-state index in [4.69, 9.17) is 0 Å². The van der Waals surface area contributed by atoms with E-state index in [0.29, 0.717) is 0 Å². The minimum atomic E-state index is -4.23. The number of nitrogens with zero attached hydrogens (tertiary/aromatic N) is 2. The van der Waals surface area contributed by atoms with Crippen LogP contribution in [0.25, 0.3) is 0 Å². The summed E-state index contributed by atoms with van der Waals surface area (Å²) in [5.41, 5.74) is 0. The van der Waals surface area contributed by atoms with Crippen LogP contribution in [0.15, 0.2) is 4.99 Å². The minimum absolute atomic E-state index is 0.0304. The maximum atomic E-state index is 12.0. The molecule has 0 saturated carbocycles. The summed E-state index contributed by atoms with van der Waals surface area (Å²) in [4.78, 5) is 27.2. The number of halogens is 3. The van der Waals surface area contributed by atoms with E-state index >= 15 is 0 Å². The largest absolute Gasteiger partial charge is 0.390 e. The number of guanidine groups is 1. The number of hydrogen-bond donors (Lipinski definition) is 3.